The SMILES string of the molecule is CC[C@]1(c2ccc(C(=N)N)cc2)NC(=O)N(CC(=O)O)C1=O. The van der Waals surface area contributed by atoms with Gasteiger partial charge in [0.2, 0.25) is 0 Å². The van der Waals surface area contributed by atoms with Crippen molar-refractivity contribution in [2.75, 3.05) is 6.54 Å². The van der Waals surface area contributed by atoms with Gasteiger partial charge in [-0.05, 0) is 12.0 Å². The molecule has 1 heterocycles. The monoisotopic (exact) mass is 304 g/mol. The van der Waals surface area contributed by atoms with E-state index in [9.17, 15) is 14.4 Å². The molecule has 22 heavy (non-hydrogen) atoms. The van der Waals surface area contributed by atoms with E-state index in [1.54, 1.807) is 31.2 Å². The van der Waals surface area contributed by atoms with E-state index < -0.39 is 30.0 Å². The summed E-state index contributed by atoms with van der Waals surface area (Å²) in [7, 11) is 0. The van der Waals surface area contributed by atoms with E-state index in [4.69, 9.17) is 16.2 Å². The molecule has 0 spiro atoms. The topological polar surface area (TPSA) is 137 Å². The Balaban J connectivity index is 2.41. The van der Waals surface area contributed by atoms with Crippen LogP contribution in [-0.4, -0.2) is 40.3 Å². The molecule has 8 nitrogen and oxygen atoms in total. The first-order valence-electron chi connectivity index (χ1n) is 6.62. The van der Waals surface area contributed by atoms with E-state index in [-0.39, 0.29) is 12.3 Å². The first-order valence-corrected chi connectivity index (χ1v) is 6.62. The fourth-order valence-corrected chi connectivity index (χ4v) is 2.48. The molecule has 1 aliphatic heterocycles. The van der Waals surface area contributed by atoms with Crippen LogP contribution < -0.4 is 11.1 Å². The fraction of sp³-hybridized carbons (Fsp3) is 0.286. The predicted molar refractivity (Wildman–Crippen MR) is 77.3 cm³/mol. The third kappa shape index (κ3) is 2.39. The highest BCUT2D eigenvalue weighted by atomic mass is 16.4. The lowest BCUT2D eigenvalue weighted by atomic mass is 9.86. The number of carbonyl (C=O) groups excluding carboxylic acids is 2. The second-order valence-corrected chi connectivity index (χ2v) is 4.97. The van der Waals surface area contributed by atoms with Crippen molar-refractivity contribution in [3.05, 3.63) is 35.4 Å². The molecule has 1 aromatic rings. The van der Waals surface area contributed by atoms with Gasteiger partial charge in [-0.2, -0.15) is 0 Å². The first-order chi connectivity index (χ1) is 10.3. The summed E-state index contributed by atoms with van der Waals surface area (Å²) < 4.78 is 0. The van der Waals surface area contributed by atoms with Crippen LogP contribution in [-0.2, 0) is 15.1 Å². The van der Waals surface area contributed by atoms with Crippen LogP contribution in [0.1, 0.15) is 24.5 Å². The Morgan fingerprint density at radius 3 is 2.41 bits per heavy atom. The summed E-state index contributed by atoms with van der Waals surface area (Å²) in [4.78, 5) is 35.9. The minimum absolute atomic E-state index is 0.105. The van der Waals surface area contributed by atoms with Gasteiger partial charge >= 0.3 is 12.0 Å². The quantitative estimate of drug-likeness (QED) is 0.350. The standard InChI is InChI=1S/C14H16N4O4/c1-2-14(9-5-3-8(4-6-9)11(15)16)12(21)18(7-10(19)20)13(22)17-14/h3-6H,2,7H2,1H3,(H3,15,16)(H,17,22)(H,19,20)/t14-/m1/s1. The number of imide groups is 1. The molecular formula is C14H16N4O4. The van der Waals surface area contributed by atoms with Crippen LogP contribution in [0.15, 0.2) is 24.3 Å². The molecule has 1 aliphatic rings. The fourth-order valence-electron chi connectivity index (χ4n) is 2.48. The van der Waals surface area contributed by atoms with E-state index in [0.29, 0.717) is 16.0 Å². The predicted octanol–water partition coefficient (Wildman–Crippen LogP) is 0.212. The largest absolute Gasteiger partial charge is 0.480 e. The molecule has 0 radical (unpaired) electrons. The van der Waals surface area contributed by atoms with Crippen molar-refractivity contribution in [3.8, 4) is 0 Å². The van der Waals surface area contributed by atoms with Crippen LogP contribution in [0.2, 0.25) is 0 Å². The van der Waals surface area contributed by atoms with Crippen molar-refractivity contribution in [1.82, 2.24) is 10.2 Å². The number of benzene rings is 1. The van der Waals surface area contributed by atoms with Gasteiger partial charge in [-0.25, -0.2) is 4.79 Å². The summed E-state index contributed by atoms with van der Waals surface area (Å²) in [5.74, 6) is -1.97. The molecule has 3 amide bonds. The van der Waals surface area contributed by atoms with Gasteiger partial charge < -0.3 is 16.2 Å². The van der Waals surface area contributed by atoms with Gasteiger partial charge in [0.25, 0.3) is 5.91 Å². The zero-order valence-electron chi connectivity index (χ0n) is 11.9. The van der Waals surface area contributed by atoms with Gasteiger partial charge in [-0.1, -0.05) is 31.2 Å². The second kappa shape index (κ2) is 5.47. The lowest BCUT2D eigenvalue weighted by Gasteiger charge is -2.25. The number of rotatable bonds is 5. The number of nitrogens with two attached hydrogens (primary N) is 1. The first kappa shape index (κ1) is 15.5. The highest BCUT2D eigenvalue weighted by Crippen LogP contribution is 2.32. The smallest absolute Gasteiger partial charge is 0.325 e. The Labute approximate surface area is 126 Å². The molecule has 0 saturated carbocycles. The number of carbonyl (C=O) groups is 3. The number of hydrogen-bond donors (Lipinski definition) is 4. The minimum Gasteiger partial charge on any atom is -0.480 e. The molecule has 5 N–H and O–H groups in total. The zero-order chi connectivity index (χ0) is 16.5. The van der Waals surface area contributed by atoms with Crippen molar-refractivity contribution in [1.29, 1.82) is 5.41 Å². The lowest BCUT2D eigenvalue weighted by molar-refractivity contribution is -0.143. The van der Waals surface area contributed by atoms with Crippen molar-refractivity contribution >= 4 is 23.7 Å². The normalized spacial score (nSPS) is 20.9. The van der Waals surface area contributed by atoms with Gasteiger partial charge in [0.15, 0.2) is 0 Å². The maximum atomic E-state index is 12.5. The third-order valence-electron chi connectivity index (χ3n) is 3.69. The van der Waals surface area contributed by atoms with E-state index in [1.807, 2.05) is 0 Å². The molecule has 1 atom stereocenters. The number of aliphatic carboxylic acids is 1. The Morgan fingerprint density at radius 2 is 1.95 bits per heavy atom. The highest BCUT2D eigenvalue weighted by Gasteiger charge is 2.51. The number of carboxylic acids is 1. The summed E-state index contributed by atoms with van der Waals surface area (Å²) in [6.45, 7) is 1.04. The number of amides is 3. The number of hydrogen-bond acceptors (Lipinski definition) is 4. The second-order valence-electron chi connectivity index (χ2n) is 4.97. The molecule has 1 aromatic carbocycles. The average Bonchev–Trinajstić information content (AvgIpc) is 2.72. The van der Waals surface area contributed by atoms with Crippen molar-refractivity contribution in [2.45, 2.75) is 18.9 Å². The molecular weight excluding hydrogens is 288 g/mol. The molecule has 0 unspecified atom stereocenters. The van der Waals surface area contributed by atoms with Gasteiger partial charge in [0.1, 0.15) is 17.9 Å². The lowest BCUT2D eigenvalue weighted by Crippen LogP contribution is -2.43. The average molecular weight is 304 g/mol. The molecule has 8 heteroatoms. The van der Waals surface area contributed by atoms with Crippen LogP contribution >= 0.6 is 0 Å². The van der Waals surface area contributed by atoms with Crippen molar-refractivity contribution in [3.63, 3.8) is 0 Å². The molecule has 1 fully saturated rings. The molecule has 116 valence electrons. The third-order valence-corrected chi connectivity index (χ3v) is 3.69. The number of nitrogen functional groups attached to an aromatic ring is 1. The highest BCUT2D eigenvalue weighted by molar-refractivity contribution is 6.09. The summed E-state index contributed by atoms with van der Waals surface area (Å²) >= 11 is 0. The van der Waals surface area contributed by atoms with Crippen molar-refractivity contribution < 1.29 is 19.5 Å². The van der Waals surface area contributed by atoms with Crippen LogP contribution in [0.4, 0.5) is 4.79 Å². The molecule has 1 saturated heterocycles. The minimum atomic E-state index is -1.29. The van der Waals surface area contributed by atoms with E-state index in [2.05, 4.69) is 5.32 Å². The Bertz CT molecular complexity index is 655. The van der Waals surface area contributed by atoms with Crippen LogP contribution in [0, 0.1) is 5.41 Å². The Kier molecular flexibility index (Phi) is 3.85. The zero-order valence-corrected chi connectivity index (χ0v) is 11.9. The number of carboxylic acid groups (broad SMARTS) is 1. The summed E-state index contributed by atoms with van der Waals surface area (Å²) in [6.07, 6.45) is 0.271. The van der Waals surface area contributed by atoms with Crippen LogP contribution in [0.25, 0.3) is 0 Å². The Morgan fingerprint density at radius 1 is 1.36 bits per heavy atom. The summed E-state index contributed by atoms with van der Waals surface area (Å²) in [6, 6.07) is 5.62. The van der Waals surface area contributed by atoms with Crippen LogP contribution in [0.5, 0.6) is 0 Å². The number of amidine groups is 1. The number of nitrogens with one attached hydrogen (secondary N) is 2. The number of urea groups is 1. The number of nitrogens with zero attached hydrogens (tertiary/aromatic N) is 1. The van der Waals surface area contributed by atoms with E-state index in [0.717, 1.165) is 0 Å². The molecule has 0 aliphatic carbocycles. The van der Waals surface area contributed by atoms with Crippen molar-refractivity contribution in [2.24, 2.45) is 5.73 Å². The summed E-state index contributed by atoms with van der Waals surface area (Å²) in [5, 5.41) is 18.7. The Hall–Kier alpha value is -2.90. The van der Waals surface area contributed by atoms with Gasteiger partial charge in [0.05, 0.1) is 0 Å². The maximum absolute atomic E-state index is 12.5. The van der Waals surface area contributed by atoms with E-state index in [1.165, 1.54) is 0 Å². The molecule has 0 bridgehead atoms. The molecule has 0 aromatic heterocycles. The molecule has 2 rings (SSSR count). The van der Waals surface area contributed by atoms with E-state index >= 15 is 0 Å². The summed E-state index contributed by atoms with van der Waals surface area (Å²) in [5.41, 5.74) is 5.11. The maximum Gasteiger partial charge on any atom is 0.325 e. The van der Waals surface area contributed by atoms with Gasteiger partial charge in [-0.3, -0.25) is 19.9 Å². The van der Waals surface area contributed by atoms with Gasteiger partial charge in [-0.15, -0.1) is 0 Å². The van der Waals surface area contributed by atoms with Crippen LogP contribution in [0.3, 0.4) is 0 Å². The van der Waals surface area contributed by atoms with Gasteiger partial charge in [0, 0.05) is 5.56 Å².